The fourth-order valence-corrected chi connectivity index (χ4v) is 2.28. The highest BCUT2D eigenvalue weighted by Gasteiger charge is 2.24. The first-order chi connectivity index (χ1) is 9.54. The Balaban J connectivity index is 2.45. The number of nitriles is 1. The molecule has 0 aromatic heterocycles. The number of Topliss-reactive ketones (excluding diaryl/α,β-unsaturated/α-hetero) is 1. The van der Waals surface area contributed by atoms with E-state index in [-0.39, 0.29) is 5.78 Å². The summed E-state index contributed by atoms with van der Waals surface area (Å²) in [6.07, 6.45) is 0. The molecule has 2 rings (SSSR count). The minimum Gasteiger partial charge on any atom is -0.292 e. The zero-order chi connectivity index (χ0) is 14.7. The van der Waals surface area contributed by atoms with Crippen LogP contribution in [0, 0.1) is 24.1 Å². The molecule has 0 fully saturated rings. The van der Waals surface area contributed by atoms with E-state index in [1.54, 1.807) is 31.2 Å². The number of ketones is 1. The fourth-order valence-electron chi connectivity index (χ4n) is 2.04. The first-order valence-electron chi connectivity index (χ1n) is 5.99. The standard InChI is InChI=1S/C16H11ClFNO/c1-10-8-11(18)6-7-12(10)16(20)14(9-19)13-4-2-3-5-15(13)17/h2-8,14H,1H3. The van der Waals surface area contributed by atoms with Gasteiger partial charge in [-0.1, -0.05) is 29.8 Å². The minimum atomic E-state index is -0.993. The normalized spacial score (nSPS) is 11.7. The van der Waals surface area contributed by atoms with Crippen LogP contribution < -0.4 is 0 Å². The summed E-state index contributed by atoms with van der Waals surface area (Å²) in [5, 5.41) is 9.65. The van der Waals surface area contributed by atoms with Gasteiger partial charge < -0.3 is 0 Å². The van der Waals surface area contributed by atoms with Gasteiger partial charge in [0, 0.05) is 10.6 Å². The van der Waals surface area contributed by atoms with Crippen LogP contribution in [0.2, 0.25) is 5.02 Å². The molecule has 0 heterocycles. The van der Waals surface area contributed by atoms with Crippen LogP contribution in [-0.4, -0.2) is 5.78 Å². The Labute approximate surface area is 121 Å². The number of hydrogen-bond acceptors (Lipinski definition) is 2. The molecule has 0 aliphatic carbocycles. The molecule has 100 valence electrons. The molecule has 1 unspecified atom stereocenters. The van der Waals surface area contributed by atoms with Crippen molar-refractivity contribution in [3.8, 4) is 6.07 Å². The first-order valence-corrected chi connectivity index (χ1v) is 6.37. The van der Waals surface area contributed by atoms with Crippen LogP contribution in [0.1, 0.15) is 27.4 Å². The number of halogens is 2. The van der Waals surface area contributed by atoms with Crippen LogP contribution in [0.25, 0.3) is 0 Å². The van der Waals surface area contributed by atoms with E-state index >= 15 is 0 Å². The van der Waals surface area contributed by atoms with Gasteiger partial charge in [0.05, 0.1) is 6.07 Å². The lowest BCUT2D eigenvalue weighted by Gasteiger charge is -2.12. The van der Waals surface area contributed by atoms with Crippen LogP contribution in [0.4, 0.5) is 4.39 Å². The largest absolute Gasteiger partial charge is 0.292 e. The number of hydrogen-bond donors (Lipinski definition) is 0. The minimum absolute atomic E-state index is 0.331. The Bertz CT molecular complexity index is 706. The number of aryl methyl sites for hydroxylation is 1. The Hall–Kier alpha value is -2.18. The maximum absolute atomic E-state index is 13.1. The van der Waals surface area contributed by atoms with Crippen molar-refractivity contribution in [1.29, 1.82) is 5.26 Å². The average Bonchev–Trinajstić information content (AvgIpc) is 2.41. The Morgan fingerprint density at radius 1 is 1.30 bits per heavy atom. The predicted molar refractivity (Wildman–Crippen MR) is 75.3 cm³/mol. The van der Waals surface area contributed by atoms with Crippen molar-refractivity contribution < 1.29 is 9.18 Å². The summed E-state index contributed by atoms with van der Waals surface area (Å²) in [7, 11) is 0. The molecule has 0 saturated heterocycles. The second-order valence-electron chi connectivity index (χ2n) is 4.41. The molecule has 2 aromatic carbocycles. The molecule has 20 heavy (non-hydrogen) atoms. The molecule has 0 saturated carbocycles. The molecule has 1 atom stereocenters. The van der Waals surface area contributed by atoms with Gasteiger partial charge in [0.15, 0.2) is 5.78 Å². The Morgan fingerprint density at radius 2 is 2.00 bits per heavy atom. The zero-order valence-corrected chi connectivity index (χ0v) is 11.5. The van der Waals surface area contributed by atoms with Crippen molar-refractivity contribution >= 4 is 17.4 Å². The van der Waals surface area contributed by atoms with Crippen molar-refractivity contribution in [1.82, 2.24) is 0 Å². The molecule has 0 radical (unpaired) electrons. The van der Waals surface area contributed by atoms with Crippen molar-refractivity contribution in [2.24, 2.45) is 0 Å². The topological polar surface area (TPSA) is 40.9 Å². The second-order valence-corrected chi connectivity index (χ2v) is 4.81. The van der Waals surface area contributed by atoms with Crippen molar-refractivity contribution in [3.05, 3.63) is 70.0 Å². The molecular formula is C16H11ClFNO. The quantitative estimate of drug-likeness (QED) is 0.791. The average molecular weight is 288 g/mol. The van der Waals surface area contributed by atoms with Crippen LogP contribution in [0.3, 0.4) is 0 Å². The van der Waals surface area contributed by atoms with Gasteiger partial charge in [-0.05, 0) is 42.3 Å². The highest BCUT2D eigenvalue weighted by molar-refractivity contribution is 6.31. The van der Waals surface area contributed by atoms with E-state index in [2.05, 4.69) is 0 Å². The summed E-state index contributed by atoms with van der Waals surface area (Å²) < 4.78 is 13.1. The lowest BCUT2D eigenvalue weighted by Crippen LogP contribution is -2.13. The number of rotatable bonds is 3. The monoisotopic (exact) mass is 287 g/mol. The highest BCUT2D eigenvalue weighted by atomic mass is 35.5. The summed E-state index contributed by atoms with van der Waals surface area (Å²) >= 11 is 6.03. The third kappa shape index (κ3) is 2.71. The molecule has 2 aromatic rings. The Morgan fingerprint density at radius 3 is 2.60 bits per heavy atom. The van der Waals surface area contributed by atoms with Gasteiger partial charge in [-0.3, -0.25) is 4.79 Å². The third-order valence-electron chi connectivity index (χ3n) is 3.06. The molecule has 0 amide bonds. The van der Waals surface area contributed by atoms with Crippen LogP contribution >= 0.6 is 11.6 Å². The van der Waals surface area contributed by atoms with Gasteiger partial charge in [0.1, 0.15) is 11.7 Å². The zero-order valence-electron chi connectivity index (χ0n) is 10.7. The lowest BCUT2D eigenvalue weighted by molar-refractivity contribution is 0.0978. The molecule has 2 nitrogen and oxygen atoms in total. The number of nitrogens with zero attached hydrogens (tertiary/aromatic N) is 1. The van der Waals surface area contributed by atoms with E-state index in [1.807, 2.05) is 6.07 Å². The van der Waals surface area contributed by atoms with Gasteiger partial charge in [-0.25, -0.2) is 4.39 Å². The summed E-state index contributed by atoms with van der Waals surface area (Å²) in [5.74, 6) is -1.78. The van der Waals surface area contributed by atoms with Crippen LogP contribution in [0.15, 0.2) is 42.5 Å². The van der Waals surface area contributed by atoms with E-state index in [9.17, 15) is 14.4 Å². The summed E-state index contributed by atoms with van der Waals surface area (Å²) in [4.78, 5) is 12.5. The van der Waals surface area contributed by atoms with Crippen molar-refractivity contribution in [2.45, 2.75) is 12.8 Å². The molecule has 0 aliphatic heterocycles. The highest BCUT2D eigenvalue weighted by Crippen LogP contribution is 2.28. The number of carbonyl (C=O) groups is 1. The van der Waals surface area contributed by atoms with Gasteiger partial charge in [0.25, 0.3) is 0 Å². The second kappa shape index (κ2) is 5.85. The Kier molecular flexibility index (Phi) is 4.16. The summed E-state index contributed by atoms with van der Waals surface area (Å²) in [6, 6.07) is 12.6. The lowest BCUT2D eigenvalue weighted by atomic mass is 9.90. The molecular weight excluding hydrogens is 277 g/mol. The van der Waals surface area contributed by atoms with E-state index < -0.39 is 11.7 Å². The van der Waals surface area contributed by atoms with Crippen LogP contribution in [-0.2, 0) is 0 Å². The van der Waals surface area contributed by atoms with Crippen molar-refractivity contribution in [2.75, 3.05) is 0 Å². The van der Waals surface area contributed by atoms with Crippen molar-refractivity contribution in [3.63, 3.8) is 0 Å². The van der Waals surface area contributed by atoms with Gasteiger partial charge in [-0.2, -0.15) is 5.26 Å². The van der Waals surface area contributed by atoms with Gasteiger partial charge >= 0.3 is 0 Å². The van der Waals surface area contributed by atoms with E-state index in [0.717, 1.165) is 0 Å². The fraction of sp³-hybridized carbons (Fsp3) is 0.125. The van der Waals surface area contributed by atoms with Gasteiger partial charge in [-0.15, -0.1) is 0 Å². The number of carbonyl (C=O) groups excluding carboxylic acids is 1. The SMILES string of the molecule is Cc1cc(F)ccc1C(=O)C(C#N)c1ccccc1Cl. The maximum Gasteiger partial charge on any atom is 0.184 e. The molecule has 0 spiro atoms. The summed E-state index contributed by atoms with van der Waals surface area (Å²) in [6.45, 7) is 1.64. The summed E-state index contributed by atoms with van der Waals surface area (Å²) in [5.41, 5.74) is 1.30. The van der Waals surface area contributed by atoms with E-state index in [4.69, 9.17) is 11.6 Å². The maximum atomic E-state index is 13.1. The molecule has 0 N–H and O–H groups in total. The van der Waals surface area contributed by atoms with Crippen LogP contribution in [0.5, 0.6) is 0 Å². The molecule has 4 heteroatoms. The van der Waals surface area contributed by atoms with Gasteiger partial charge in [0.2, 0.25) is 0 Å². The molecule has 0 bridgehead atoms. The third-order valence-corrected chi connectivity index (χ3v) is 3.41. The predicted octanol–water partition coefficient (Wildman–Crippen LogP) is 4.28. The first kappa shape index (κ1) is 14.2. The van der Waals surface area contributed by atoms with E-state index in [1.165, 1.54) is 18.2 Å². The smallest absolute Gasteiger partial charge is 0.184 e. The number of benzene rings is 2. The van der Waals surface area contributed by atoms with E-state index in [0.29, 0.717) is 21.7 Å². The molecule has 0 aliphatic rings.